The fraction of sp³-hybridized carbons (Fsp3) is 0.381. The van der Waals surface area contributed by atoms with Gasteiger partial charge in [-0.15, -0.1) is 0 Å². The number of carbonyl (C=O) groups is 1. The highest BCUT2D eigenvalue weighted by molar-refractivity contribution is 7.92. The van der Waals surface area contributed by atoms with Gasteiger partial charge in [-0.2, -0.15) is 0 Å². The summed E-state index contributed by atoms with van der Waals surface area (Å²) in [5, 5.41) is 2.77. The van der Waals surface area contributed by atoms with Crippen LogP contribution < -0.4 is 14.8 Å². The highest BCUT2D eigenvalue weighted by Gasteiger charge is 2.28. The van der Waals surface area contributed by atoms with E-state index in [1.807, 2.05) is 20.8 Å². The summed E-state index contributed by atoms with van der Waals surface area (Å²) >= 11 is 0. The Bertz CT molecular complexity index is 984. The lowest BCUT2D eigenvalue weighted by atomic mass is 9.94. The summed E-state index contributed by atoms with van der Waals surface area (Å²) in [6.45, 7) is 6.52. The molecule has 0 radical (unpaired) electrons. The Morgan fingerprint density at radius 3 is 2.68 bits per heavy atom. The number of nitrogens with one attached hydrogen (secondary N) is 2. The van der Waals surface area contributed by atoms with Crippen LogP contribution in [-0.2, 0) is 16.4 Å². The van der Waals surface area contributed by atoms with Gasteiger partial charge in [0.1, 0.15) is 11.4 Å². The molecule has 0 aliphatic carbocycles. The maximum atomic E-state index is 12.9. The van der Waals surface area contributed by atoms with E-state index in [1.54, 1.807) is 36.4 Å². The van der Waals surface area contributed by atoms with E-state index in [0.717, 1.165) is 30.6 Å². The molecule has 0 unspecified atom stereocenters. The summed E-state index contributed by atoms with van der Waals surface area (Å²) in [6, 6.07) is 11.5. The summed E-state index contributed by atoms with van der Waals surface area (Å²) < 4.78 is 34.3. The number of benzene rings is 2. The van der Waals surface area contributed by atoms with Gasteiger partial charge in [-0.25, -0.2) is 8.42 Å². The highest BCUT2D eigenvalue weighted by Crippen LogP contribution is 2.34. The average molecular weight is 403 g/mol. The first-order chi connectivity index (χ1) is 13.2. The standard InChI is InChI=1S/C21H26N2O4S/c1-4-13-22-20(24)17-7-5-6-8-18(17)23-28(25,26)16-9-10-19-15(14-16)11-12-21(2,3)27-19/h5-10,14,23H,4,11-13H2,1-3H3,(H,22,24). The van der Waals surface area contributed by atoms with Crippen LogP contribution in [0.3, 0.4) is 0 Å². The molecule has 0 fully saturated rings. The zero-order chi connectivity index (χ0) is 20.4. The van der Waals surface area contributed by atoms with Crippen LogP contribution in [0.4, 0.5) is 5.69 Å². The van der Waals surface area contributed by atoms with Gasteiger partial charge < -0.3 is 10.1 Å². The van der Waals surface area contributed by atoms with Gasteiger partial charge in [0.2, 0.25) is 0 Å². The van der Waals surface area contributed by atoms with Crippen molar-refractivity contribution >= 4 is 21.6 Å². The first-order valence-electron chi connectivity index (χ1n) is 9.44. The number of aryl methyl sites for hydroxylation is 1. The van der Waals surface area contributed by atoms with Crippen LogP contribution in [-0.4, -0.2) is 26.5 Å². The number of anilines is 1. The van der Waals surface area contributed by atoms with E-state index in [-0.39, 0.29) is 22.1 Å². The van der Waals surface area contributed by atoms with Crippen molar-refractivity contribution in [3.05, 3.63) is 53.6 Å². The number of sulfonamides is 1. The van der Waals surface area contributed by atoms with E-state index in [2.05, 4.69) is 10.0 Å². The van der Waals surface area contributed by atoms with Gasteiger partial charge in [0, 0.05) is 6.54 Å². The van der Waals surface area contributed by atoms with Gasteiger partial charge in [-0.1, -0.05) is 19.1 Å². The molecule has 0 spiro atoms. The fourth-order valence-corrected chi connectivity index (χ4v) is 4.24. The third-order valence-corrected chi connectivity index (χ3v) is 6.04. The summed E-state index contributed by atoms with van der Waals surface area (Å²) in [6.07, 6.45) is 2.37. The van der Waals surface area contributed by atoms with Gasteiger partial charge >= 0.3 is 0 Å². The molecular weight excluding hydrogens is 376 g/mol. The van der Waals surface area contributed by atoms with E-state index in [9.17, 15) is 13.2 Å². The lowest BCUT2D eigenvalue weighted by Crippen LogP contribution is -2.32. The molecule has 2 aromatic carbocycles. The lowest BCUT2D eigenvalue weighted by molar-refractivity contribution is 0.0845. The molecule has 0 saturated carbocycles. The smallest absolute Gasteiger partial charge is 0.261 e. The van der Waals surface area contributed by atoms with E-state index in [1.165, 1.54) is 6.07 Å². The monoisotopic (exact) mass is 402 g/mol. The SMILES string of the molecule is CCCNC(=O)c1ccccc1NS(=O)(=O)c1ccc2c(c1)CCC(C)(C)O2. The third kappa shape index (κ3) is 4.47. The summed E-state index contributed by atoms with van der Waals surface area (Å²) in [5.41, 5.74) is 1.17. The molecule has 1 aliphatic heterocycles. The van der Waals surface area contributed by atoms with E-state index in [4.69, 9.17) is 4.74 Å². The maximum absolute atomic E-state index is 12.9. The maximum Gasteiger partial charge on any atom is 0.261 e. The topological polar surface area (TPSA) is 84.5 Å². The minimum Gasteiger partial charge on any atom is -0.488 e. The molecule has 1 heterocycles. The molecule has 1 amide bonds. The van der Waals surface area contributed by atoms with Crippen LogP contribution in [0.1, 0.15) is 49.5 Å². The number of amides is 1. The van der Waals surface area contributed by atoms with Gasteiger partial charge in [-0.3, -0.25) is 9.52 Å². The molecule has 1 aliphatic rings. The molecule has 0 saturated heterocycles. The number of ether oxygens (including phenoxy) is 1. The lowest BCUT2D eigenvalue weighted by Gasteiger charge is -2.32. The first-order valence-corrected chi connectivity index (χ1v) is 10.9. The second-order valence-electron chi connectivity index (χ2n) is 7.54. The molecule has 150 valence electrons. The molecular formula is C21H26N2O4S. The van der Waals surface area contributed by atoms with Gasteiger partial charge in [0.25, 0.3) is 15.9 Å². The minimum atomic E-state index is -3.84. The quantitative estimate of drug-likeness (QED) is 0.771. The van der Waals surface area contributed by atoms with Crippen LogP contribution in [0.15, 0.2) is 47.4 Å². The van der Waals surface area contributed by atoms with Gasteiger partial charge in [-0.05, 0) is 69.0 Å². The Kier molecular flexibility index (Phi) is 5.65. The van der Waals surface area contributed by atoms with Crippen molar-refractivity contribution < 1.29 is 17.9 Å². The number of hydrogen-bond donors (Lipinski definition) is 2. The zero-order valence-electron chi connectivity index (χ0n) is 16.4. The first kappa shape index (κ1) is 20.2. The number of rotatable bonds is 6. The van der Waals surface area contributed by atoms with Crippen molar-refractivity contribution in [3.8, 4) is 5.75 Å². The molecule has 6 nitrogen and oxygen atoms in total. The summed E-state index contributed by atoms with van der Waals surface area (Å²) in [5.74, 6) is 0.413. The number of carbonyl (C=O) groups excluding carboxylic acids is 1. The Hall–Kier alpha value is -2.54. The number of fused-ring (bicyclic) bond motifs is 1. The summed E-state index contributed by atoms with van der Waals surface area (Å²) in [4.78, 5) is 12.5. The van der Waals surface area contributed by atoms with Crippen molar-refractivity contribution in [1.82, 2.24) is 5.32 Å². The Labute approximate surface area is 166 Å². The Morgan fingerprint density at radius 1 is 1.18 bits per heavy atom. The molecule has 0 aromatic heterocycles. The molecule has 0 atom stereocenters. The second-order valence-corrected chi connectivity index (χ2v) is 9.22. The summed E-state index contributed by atoms with van der Waals surface area (Å²) in [7, 11) is -3.84. The van der Waals surface area contributed by atoms with E-state index < -0.39 is 10.0 Å². The highest BCUT2D eigenvalue weighted by atomic mass is 32.2. The van der Waals surface area contributed by atoms with Crippen LogP contribution in [0.2, 0.25) is 0 Å². The van der Waals surface area contributed by atoms with Crippen LogP contribution in [0, 0.1) is 0 Å². The van der Waals surface area contributed by atoms with Crippen molar-refractivity contribution in [3.63, 3.8) is 0 Å². The Balaban J connectivity index is 1.87. The number of para-hydroxylation sites is 1. The van der Waals surface area contributed by atoms with Crippen molar-refractivity contribution in [2.24, 2.45) is 0 Å². The fourth-order valence-electron chi connectivity index (χ4n) is 3.11. The molecule has 2 aromatic rings. The van der Waals surface area contributed by atoms with E-state index >= 15 is 0 Å². The van der Waals surface area contributed by atoms with E-state index in [0.29, 0.717) is 12.1 Å². The van der Waals surface area contributed by atoms with Gasteiger partial charge in [0.15, 0.2) is 0 Å². The Morgan fingerprint density at radius 2 is 1.93 bits per heavy atom. The van der Waals surface area contributed by atoms with Crippen LogP contribution in [0.25, 0.3) is 0 Å². The minimum absolute atomic E-state index is 0.151. The molecule has 2 N–H and O–H groups in total. The predicted octanol–water partition coefficient (Wildman–Crippen LogP) is 3.73. The van der Waals surface area contributed by atoms with Gasteiger partial charge in [0.05, 0.1) is 16.1 Å². The van der Waals surface area contributed by atoms with Crippen LogP contribution in [0.5, 0.6) is 5.75 Å². The largest absolute Gasteiger partial charge is 0.488 e. The third-order valence-electron chi connectivity index (χ3n) is 4.68. The second kappa shape index (κ2) is 7.83. The van der Waals surface area contributed by atoms with Crippen molar-refractivity contribution in [1.29, 1.82) is 0 Å². The molecule has 28 heavy (non-hydrogen) atoms. The average Bonchev–Trinajstić information content (AvgIpc) is 2.65. The van der Waals surface area contributed by atoms with Crippen LogP contribution >= 0.6 is 0 Å². The normalized spacial score (nSPS) is 15.2. The number of hydrogen-bond acceptors (Lipinski definition) is 4. The molecule has 0 bridgehead atoms. The van der Waals surface area contributed by atoms with Crippen molar-refractivity contribution in [2.45, 2.75) is 50.5 Å². The van der Waals surface area contributed by atoms with Crippen molar-refractivity contribution in [2.75, 3.05) is 11.3 Å². The zero-order valence-corrected chi connectivity index (χ0v) is 17.2. The predicted molar refractivity (Wildman–Crippen MR) is 109 cm³/mol. The molecule has 3 rings (SSSR count). The molecule has 7 heteroatoms.